The van der Waals surface area contributed by atoms with Crippen LogP contribution in [-0.4, -0.2) is 54.0 Å². The minimum Gasteiger partial charge on any atom is -0.493 e. The highest BCUT2D eigenvalue weighted by atomic mass is 32.2. The Bertz CT molecular complexity index is 1410. The second-order valence-corrected chi connectivity index (χ2v) is 12.0. The molecule has 2 aromatic rings. The highest BCUT2D eigenvalue weighted by molar-refractivity contribution is 7.93. The zero-order chi connectivity index (χ0) is 28.2. The molecular formula is C28H36N4O6S. The van der Waals surface area contributed by atoms with E-state index >= 15 is 0 Å². The lowest BCUT2D eigenvalue weighted by atomic mass is 9.85. The van der Waals surface area contributed by atoms with E-state index in [-0.39, 0.29) is 42.7 Å². The zero-order valence-electron chi connectivity index (χ0n) is 22.6. The van der Waals surface area contributed by atoms with E-state index in [0.29, 0.717) is 31.6 Å². The highest BCUT2D eigenvalue weighted by Crippen LogP contribution is 2.32. The summed E-state index contributed by atoms with van der Waals surface area (Å²) in [5, 5.41) is 10.1. The second kappa shape index (κ2) is 11.8. The molecule has 1 fully saturated rings. The van der Waals surface area contributed by atoms with Gasteiger partial charge in [0.25, 0.3) is 0 Å². The van der Waals surface area contributed by atoms with Crippen molar-refractivity contribution >= 4 is 32.7 Å². The minimum atomic E-state index is -3.96. The molecule has 2 heterocycles. The van der Waals surface area contributed by atoms with Crippen molar-refractivity contribution in [3.63, 3.8) is 0 Å². The van der Waals surface area contributed by atoms with Crippen molar-refractivity contribution in [1.82, 2.24) is 20.1 Å². The Hall–Kier alpha value is -3.28. The van der Waals surface area contributed by atoms with Crippen molar-refractivity contribution in [2.75, 3.05) is 13.1 Å². The van der Waals surface area contributed by atoms with Crippen LogP contribution in [0.3, 0.4) is 0 Å². The van der Waals surface area contributed by atoms with E-state index in [1.165, 1.54) is 6.08 Å². The van der Waals surface area contributed by atoms with Crippen molar-refractivity contribution in [3.8, 4) is 0 Å². The molecule has 3 N–H and O–H groups in total. The van der Waals surface area contributed by atoms with E-state index in [1.54, 1.807) is 16.5 Å². The third-order valence-electron chi connectivity index (χ3n) is 7.37. The average Bonchev–Trinajstić information content (AvgIpc) is 2.90. The molecule has 0 radical (unpaired) electrons. The largest absolute Gasteiger partial charge is 0.493 e. The number of allylic oxidation sites excluding steroid dienone is 4. The Labute approximate surface area is 229 Å². The SMILES string of the molecule is CCC(CC)C(=O)N1CC(CC(=O)NO)(NS(=O)(=O)C2=CC=C(OCc3cc(C)nc4ccccc34)CC2)C1. The lowest BCUT2D eigenvalue weighted by molar-refractivity contribution is -0.147. The van der Waals surface area contributed by atoms with Crippen LogP contribution >= 0.6 is 0 Å². The molecular weight excluding hydrogens is 520 g/mol. The number of nitrogens with zero attached hydrogens (tertiary/aromatic N) is 2. The summed E-state index contributed by atoms with van der Waals surface area (Å²) in [6.45, 7) is 6.26. The number of hydrogen-bond donors (Lipinski definition) is 3. The van der Waals surface area contributed by atoms with Gasteiger partial charge in [0.15, 0.2) is 0 Å². The molecule has 2 amide bonds. The normalized spacial score (nSPS) is 16.9. The first-order valence-electron chi connectivity index (χ1n) is 13.2. The number of hydrogen-bond acceptors (Lipinski definition) is 7. The monoisotopic (exact) mass is 556 g/mol. The van der Waals surface area contributed by atoms with Crippen LogP contribution in [0.4, 0.5) is 0 Å². The standard InChI is InChI=1S/C28H36N4O6S/c1-4-20(5-2)27(34)32-17-28(18-32,15-26(33)30-35)31-39(36,37)23-12-10-22(11-13-23)38-16-21-14-19(3)29-25-9-7-6-8-24(21)25/h6-10,12,14,20,31,35H,4-5,11,13,15-18H2,1-3H3,(H,30,33). The number of aryl methyl sites for hydroxylation is 1. The molecule has 0 spiro atoms. The molecule has 0 saturated carbocycles. The molecule has 10 nitrogen and oxygen atoms in total. The van der Waals surface area contributed by atoms with E-state index in [9.17, 15) is 18.0 Å². The van der Waals surface area contributed by atoms with Crippen LogP contribution in [0.2, 0.25) is 0 Å². The van der Waals surface area contributed by atoms with E-state index in [4.69, 9.17) is 9.94 Å². The Kier molecular flexibility index (Phi) is 8.73. The molecule has 1 aromatic carbocycles. The Morgan fingerprint density at radius 2 is 1.87 bits per heavy atom. The number of amides is 2. The molecule has 4 rings (SSSR count). The summed E-state index contributed by atoms with van der Waals surface area (Å²) in [7, 11) is -3.96. The van der Waals surface area contributed by atoms with Crippen LogP contribution in [0.15, 0.2) is 53.1 Å². The summed E-state index contributed by atoms with van der Waals surface area (Å²) >= 11 is 0. The first-order valence-corrected chi connectivity index (χ1v) is 14.7. The third kappa shape index (κ3) is 6.48. The van der Waals surface area contributed by atoms with Gasteiger partial charge in [-0.05, 0) is 50.5 Å². The average molecular weight is 557 g/mol. The van der Waals surface area contributed by atoms with Gasteiger partial charge in [0.1, 0.15) is 6.61 Å². The van der Waals surface area contributed by atoms with Gasteiger partial charge in [-0.3, -0.25) is 19.8 Å². The number of para-hydroxylation sites is 1. The van der Waals surface area contributed by atoms with Gasteiger partial charge in [0.05, 0.1) is 28.1 Å². The molecule has 0 unspecified atom stereocenters. The number of hydroxylamine groups is 1. The summed E-state index contributed by atoms with van der Waals surface area (Å²) in [6.07, 6.45) is 4.89. The molecule has 0 bridgehead atoms. The molecule has 1 aromatic heterocycles. The van der Waals surface area contributed by atoms with Crippen molar-refractivity contribution < 1.29 is 28.0 Å². The number of aromatic nitrogens is 1. The van der Waals surface area contributed by atoms with Gasteiger partial charge in [0.2, 0.25) is 21.8 Å². The van der Waals surface area contributed by atoms with Crippen LogP contribution in [0.5, 0.6) is 0 Å². The molecule has 39 heavy (non-hydrogen) atoms. The fourth-order valence-electron chi connectivity index (χ4n) is 5.27. The van der Waals surface area contributed by atoms with Crippen molar-refractivity contribution in [1.29, 1.82) is 0 Å². The second-order valence-electron chi connectivity index (χ2n) is 10.3. The van der Waals surface area contributed by atoms with Gasteiger partial charge in [-0.25, -0.2) is 18.6 Å². The fraction of sp³-hybridized carbons (Fsp3) is 0.464. The highest BCUT2D eigenvalue weighted by Gasteiger charge is 2.50. The predicted octanol–water partition coefficient (Wildman–Crippen LogP) is 3.45. The van der Waals surface area contributed by atoms with E-state index < -0.39 is 21.5 Å². The summed E-state index contributed by atoms with van der Waals surface area (Å²) in [6, 6.07) is 9.84. The molecule has 1 aliphatic heterocycles. The smallest absolute Gasteiger partial charge is 0.245 e. The summed E-state index contributed by atoms with van der Waals surface area (Å²) in [4.78, 5) is 31.0. The van der Waals surface area contributed by atoms with Gasteiger partial charge >= 0.3 is 0 Å². The van der Waals surface area contributed by atoms with Gasteiger partial charge in [-0.1, -0.05) is 32.0 Å². The fourth-order valence-corrected chi connectivity index (χ4v) is 6.79. The lowest BCUT2D eigenvalue weighted by Gasteiger charge is -2.50. The van der Waals surface area contributed by atoms with Gasteiger partial charge in [0, 0.05) is 42.1 Å². The number of benzene rings is 1. The summed E-state index contributed by atoms with van der Waals surface area (Å²) < 4.78 is 35.3. The number of ether oxygens (including phenoxy) is 1. The molecule has 1 saturated heterocycles. The van der Waals surface area contributed by atoms with Crippen molar-refractivity contribution in [3.05, 3.63) is 64.4 Å². The van der Waals surface area contributed by atoms with Crippen LogP contribution in [-0.2, 0) is 31.0 Å². The lowest BCUT2D eigenvalue weighted by Crippen LogP contribution is -2.72. The summed E-state index contributed by atoms with van der Waals surface area (Å²) in [5.74, 6) is -0.255. The van der Waals surface area contributed by atoms with E-state index in [1.807, 2.05) is 51.1 Å². The van der Waals surface area contributed by atoms with E-state index in [0.717, 1.165) is 22.2 Å². The number of fused-ring (bicyclic) bond motifs is 1. The molecule has 11 heteroatoms. The first-order chi connectivity index (χ1) is 18.6. The number of sulfonamides is 1. The maximum Gasteiger partial charge on any atom is 0.245 e. The number of pyridine rings is 1. The van der Waals surface area contributed by atoms with Crippen LogP contribution in [0, 0.1) is 12.8 Å². The van der Waals surface area contributed by atoms with Gasteiger partial charge in [-0.15, -0.1) is 0 Å². The van der Waals surface area contributed by atoms with Crippen LogP contribution < -0.4 is 10.2 Å². The Morgan fingerprint density at radius 3 is 2.51 bits per heavy atom. The number of carbonyl (C=O) groups is 2. The number of rotatable bonds is 11. The number of carbonyl (C=O) groups excluding carboxylic acids is 2. The molecule has 2 aliphatic rings. The Morgan fingerprint density at radius 1 is 1.15 bits per heavy atom. The minimum absolute atomic E-state index is 0.0574. The topological polar surface area (TPSA) is 138 Å². The molecule has 0 atom stereocenters. The van der Waals surface area contributed by atoms with Crippen LogP contribution in [0.25, 0.3) is 10.9 Å². The maximum absolute atomic E-state index is 13.3. The molecule has 1 aliphatic carbocycles. The molecule has 210 valence electrons. The van der Waals surface area contributed by atoms with Gasteiger partial charge in [-0.2, -0.15) is 0 Å². The van der Waals surface area contributed by atoms with Gasteiger partial charge < -0.3 is 9.64 Å². The summed E-state index contributed by atoms with van der Waals surface area (Å²) in [5.41, 5.74) is 3.18. The third-order valence-corrected chi connectivity index (χ3v) is 9.10. The van der Waals surface area contributed by atoms with Crippen molar-refractivity contribution in [2.24, 2.45) is 5.92 Å². The zero-order valence-corrected chi connectivity index (χ0v) is 23.4. The Balaban J connectivity index is 1.45. The van der Waals surface area contributed by atoms with Crippen LogP contribution in [0.1, 0.15) is 57.2 Å². The van der Waals surface area contributed by atoms with Crippen molar-refractivity contribution in [2.45, 2.75) is 65.0 Å². The van der Waals surface area contributed by atoms with E-state index in [2.05, 4.69) is 9.71 Å². The predicted molar refractivity (Wildman–Crippen MR) is 147 cm³/mol. The quantitative estimate of drug-likeness (QED) is 0.285. The number of nitrogens with one attached hydrogen (secondary N) is 2. The number of likely N-dealkylation sites (tertiary alicyclic amines) is 1. The maximum atomic E-state index is 13.3. The first kappa shape index (κ1) is 28.7.